The lowest BCUT2D eigenvalue weighted by Crippen LogP contribution is -2.30. The molecule has 0 spiro atoms. The Morgan fingerprint density at radius 2 is 2.15 bits per heavy atom. The van der Waals surface area contributed by atoms with E-state index in [1.54, 1.807) is 4.68 Å². The first kappa shape index (κ1) is 13.3. The summed E-state index contributed by atoms with van der Waals surface area (Å²) in [6, 6.07) is 0. The number of hydrogen-bond donors (Lipinski definition) is 0. The molecular formula is C14H21N5O. The Balaban J connectivity index is 1.53. The van der Waals surface area contributed by atoms with Crippen LogP contribution in [0.1, 0.15) is 32.0 Å². The van der Waals surface area contributed by atoms with Crippen molar-refractivity contribution in [3.05, 3.63) is 17.5 Å². The molecule has 108 valence electrons. The van der Waals surface area contributed by atoms with Gasteiger partial charge in [0.1, 0.15) is 5.82 Å². The quantitative estimate of drug-likeness (QED) is 0.777. The first-order chi connectivity index (χ1) is 9.63. The molecule has 1 aromatic rings. The third kappa shape index (κ3) is 2.59. The zero-order valence-electron chi connectivity index (χ0n) is 12.1. The molecule has 2 atom stereocenters. The van der Waals surface area contributed by atoms with Gasteiger partial charge < -0.3 is 4.90 Å². The van der Waals surface area contributed by atoms with Crippen molar-refractivity contribution >= 4 is 5.91 Å². The van der Waals surface area contributed by atoms with E-state index in [0.29, 0.717) is 24.8 Å². The Hall–Kier alpha value is -1.72. The van der Waals surface area contributed by atoms with Gasteiger partial charge in [-0.2, -0.15) is 0 Å². The Labute approximate surface area is 118 Å². The number of amides is 1. The van der Waals surface area contributed by atoms with Gasteiger partial charge in [0.15, 0.2) is 0 Å². The summed E-state index contributed by atoms with van der Waals surface area (Å²) >= 11 is 0. The summed E-state index contributed by atoms with van der Waals surface area (Å²) in [6.45, 7) is 6.45. The van der Waals surface area contributed by atoms with Crippen LogP contribution in [0, 0.1) is 18.8 Å². The number of carbonyl (C=O) groups excluding carboxylic acids is 1. The van der Waals surface area contributed by atoms with Crippen molar-refractivity contribution < 1.29 is 4.79 Å². The highest BCUT2D eigenvalue weighted by Gasteiger charge is 2.35. The standard InChI is InChI=1S/C14H21N5O/c1-10-3-4-12-8-18(9-13(12)7-10)14(20)5-6-19-11(2)15-16-17-19/h3,12-13H,4-9H2,1-2H3/t12-,13+/m0/s1. The Kier molecular flexibility index (Phi) is 3.54. The zero-order valence-corrected chi connectivity index (χ0v) is 12.1. The largest absolute Gasteiger partial charge is 0.342 e. The number of aromatic nitrogens is 4. The van der Waals surface area contributed by atoms with Crippen molar-refractivity contribution in [2.45, 2.75) is 39.7 Å². The van der Waals surface area contributed by atoms with Gasteiger partial charge in [0.2, 0.25) is 5.91 Å². The molecule has 6 nitrogen and oxygen atoms in total. The molecule has 1 aliphatic heterocycles. The number of likely N-dealkylation sites (tertiary alicyclic amines) is 1. The highest BCUT2D eigenvalue weighted by Crippen LogP contribution is 2.35. The third-order valence-electron chi connectivity index (χ3n) is 4.53. The van der Waals surface area contributed by atoms with Crippen molar-refractivity contribution in [1.29, 1.82) is 0 Å². The highest BCUT2D eigenvalue weighted by atomic mass is 16.2. The smallest absolute Gasteiger partial charge is 0.224 e. The fourth-order valence-electron chi connectivity index (χ4n) is 3.31. The number of rotatable bonds is 3. The number of hydrogen-bond acceptors (Lipinski definition) is 4. The summed E-state index contributed by atoms with van der Waals surface area (Å²) in [6.07, 6.45) is 5.10. The van der Waals surface area contributed by atoms with Crippen molar-refractivity contribution in [3.8, 4) is 0 Å². The molecule has 1 aliphatic carbocycles. The van der Waals surface area contributed by atoms with E-state index in [4.69, 9.17) is 0 Å². The van der Waals surface area contributed by atoms with Crippen molar-refractivity contribution in [3.63, 3.8) is 0 Å². The normalized spacial score (nSPS) is 25.5. The lowest BCUT2D eigenvalue weighted by Gasteiger charge is -2.21. The van der Waals surface area contributed by atoms with E-state index in [1.165, 1.54) is 5.57 Å². The first-order valence-corrected chi connectivity index (χ1v) is 7.29. The van der Waals surface area contributed by atoms with E-state index < -0.39 is 0 Å². The van der Waals surface area contributed by atoms with Gasteiger partial charge >= 0.3 is 0 Å². The predicted molar refractivity (Wildman–Crippen MR) is 73.7 cm³/mol. The Morgan fingerprint density at radius 3 is 2.90 bits per heavy atom. The number of nitrogens with zero attached hydrogens (tertiary/aromatic N) is 5. The minimum atomic E-state index is 0.229. The van der Waals surface area contributed by atoms with Crippen LogP contribution in [0.4, 0.5) is 0 Å². The van der Waals surface area contributed by atoms with Gasteiger partial charge in [-0.15, -0.1) is 5.10 Å². The summed E-state index contributed by atoms with van der Waals surface area (Å²) < 4.78 is 1.69. The van der Waals surface area contributed by atoms with E-state index in [2.05, 4.69) is 28.5 Å². The van der Waals surface area contributed by atoms with Crippen molar-refractivity contribution in [2.75, 3.05) is 13.1 Å². The van der Waals surface area contributed by atoms with Crippen LogP contribution in [0.25, 0.3) is 0 Å². The number of allylic oxidation sites excluding steroid dienone is 2. The van der Waals surface area contributed by atoms with Crippen LogP contribution in [0.3, 0.4) is 0 Å². The Bertz CT molecular complexity index is 535. The fraction of sp³-hybridized carbons (Fsp3) is 0.714. The maximum absolute atomic E-state index is 12.3. The fourth-order valence-corrected chi connectivity index (χ4v) is 3.31. The summed E-state index contributed by atoms with van der Waals surface area (Å²) in [4.78, 5) is 14.3. The van der Waals surface area contributed by atoms with Crippen LogP contribution in [0.5, 0.6) is 0 Å². The molecule has 1 aromatic heterocycles. The zero-order chi connectivity index (χ0) is 14.1. The van der Waals surface area contributed by atoms with Gasteiger partial charge in [0.05, 0.1) is 6.54 Å². The maximum Gasteiger partial charge on any atom is 0.224 e. The molecule has 2 aliphatic rings. The summed E-state index contributed by atoms with van der Waals surface area (Å²) in [5.74, 6) is 2.32. The molecule has 6 heteroatoms. The van der Waals surface area contributed by atoms with E-state index in [-0.39, 0.29) is 5.91 Å². The summed E-state index contributed by atoms with van der Waals surface area (Å²) in [7, 11) is 0. The lowest BCUT2D eigenvalue weighted by atomic mass is 9.83. The molecule has 0 bridgehead atoms. The highest BCUT2D eigenvalue weighted by molar-refractivity contribution is 5.76. The first-order valence-electron chi connectivity index (χ1n) is 7.29. The number of aryl methyl sites for hydroxylation is 2. The van der Waals surface area contributed by atoms with Crippen LogP contribution in [-0.2, 0) is 11.3 Å². The minimum absolute atomic E-state index is 0.229. The SMILES string of the molecule is CC1=CC[C@H]2CN(C(=O)CCn3nnnc3C)C[C@H]2C1. The van der Waals surface area contributed by atoms with Gasteiger partial charge in [-0.1, -0.05) is 11.6 Å². The lowest BCUT2D eigenvalue weighted by molar-refractivity contribution is -0.130. The molecule has 3 rings (SSSR count). The van der Waals surface area contributed by atoms with Crippen LogP contribution >= 0.6 is 0 Å². The molecule has 0 saturated carbocycles. The topological polar surface area (TPSA) is 63.9 Å². The van der Waals surface area contributed by atoms with E-state index in [9.17, 15) is 4.79 Å². The molecule has 1 fully saturated rings. The minimum Gasteiger partial charge on any atom is -0.342 e. The number of fused-ring (bicyclic) bond motifs is 1. The van der Waals surface area contributed by atoms with E-state index in [1.807, 2.05) is 11.8 Å². The number of tetrazole rings is 1. The third-order valence-corrected chi connectivity index (χ3v) is 4.53. The summed E-state index contributed by atoms with van der Waals surface area (Å²) in [5.41, 5.74) is 1.48. The molecule has 0 N–H and O–H groups in total. The molecule has 1 saturated heterocycles. The van der Waals surface area contributed by atoms with E-state index >= 15 is 0 Å². The Morgan fingerprint density at radius 1 is 1.35 bits per heavy atom. The predicted octanol–water partition coefficient (Wildman–Crippen LogP) is 1.19. The van der Waals surface area contributed by atoms with Gasteiger partial charge in [0.25, 0.3) is 0 Å². The second-order valence-corrected chi connectivity index (χ2v) is 6.01. The molecule has 20 heavy (non-hydrogen) atoms. The van der Waals surface area contributed by atoms with Crippen LogP contribution in [0.15, 0.2) is 11.6 Å². The van der Waals surface area contributed by atoms with Crippen molar-refractivity contribution in [2.24, 2.45) is 11.8 Å². The average Bonchev–Trinajstić information content (AvgIpc) is 3.01. The van der Waals surface area contributed by atoms with Crippen LogP contribution in [0.2, 0.25) is 0 Å². The number of carbonyl (C=O) groups is 1. The van der Waals surface area contributed by atoms with Gasteiger partial charge in [-0.05, 0) is 49.0 Å². The molecule has 0 radical (unpaired) electrons. The summed E-state index contributed by atoms with van der Waals surface area (Å²) in [5, 5.41) is 11.3. The molecule has 1 amide bonds. The molecule has 0 unspecified atom stereocenters. The van der Waals surface area contributed by atoms with Gasteiger partial charge in [-0.3, -0.25) is 4.79 Å². The average molecular weight is 275 g/mol. The van der Waals surface area contributed by atoms with Crippen LogP contribution in [-0.4, -0.2) is 44.1 Å². The second-order valence-electron chi connectivity index (χ2n) is 6.01. The van der Waals surface area contributed by atoms with E-state index in [0.717, 1.165) is 31.8 Å². The molecule has 0 aromatic carbocycles. The van der Waals surface area contributed by atoms with Gasteiger partial charge in [0, 0.05) is 19.5 Å². The maximum atomic E-state index is 12.3. The second kappa shape index (κ2) is 5.34. The van der Waals surface area contributed by atoms with Crippen molar-refractivity contribution in [1.82, 2.24) is 25.1 Å². The van der Waals surface area contributed by atoms with Gasteiger partial charge in [-0.25, -0.2) is 4.68 Å². The molecular weight excluding hydrogens is 254 g/mol. The van der Waals surface area contributed by atoms with Crippen LogP contribution < -0.4 is 0 Å². The monoisotopic (exact) mass is 275 g/mol. The molecule has 2 heterocycles.